The number of likely N-dealkylation sites (N-methyl/N-ethyl adjacent to an activating group) is 1. The number of nitrogens with zero attached hydrogens (tertiary/aromatic N) is 1. The van der Waals surface area contributed by atoms with Crippen molar-refractivity contribution in [3.63, 3.8) is 0 Å². The zero-order valence-electron chi connectivity index (χ0n) is 17.2. The molecule has 1 aliphatic heterocycles. The van der Waals surface area contributed by atoms with Crippen molar-refractivity contribution >= 4 is 11.8 Å². The Bertz CT molecular complexity index is 1030. The van der Waals surface area contributed by atoms with Gasteiger partial charge in [-0.05, 0) is 42.9 Å². The van der Waals surface area contributed by atoms with Crippen molar-refractivity contribution in [2.75, 3.05) is 13.7 Å². The molecule has 0 saturated carbocycles. The Hall–Kier alpha value is -3.35. The number of nitrogens with one attached hydrogen (secondary N) is 2. The monoisotopic (exact) mass is 406 g/mol. The van der Waals surface area contributed by atoms with E-state index in [1.54, 1.807) is 25.5 Å². The van der Waals surface area contributed by atoms with Gasteiger partial charge in [-0.1, -0.05) is 36.4 Å². The summed E-state index contributed by atoms with van der Waals surface area (Å²) in [6.07, 6.45) is 6.76. The van der Waals surface area contributed by atoms with Crippen LogP contribution < -0.4 is 11.1 Å². The van der Waals surface area contributed by atoms with Crippen LogP contribution in [0.25, 0.3) is 0 Å². The number of H-pyrrole nitrogens is 1. The topological polar surface area (TPSA) is 110 Å². The summed E-state index contributed by atoms with van der Waals surface area (Å²) in [6, 6.07) is 10.0. The smallest absolute Gasteiger partial charge is 0.254 e. The number of primary amides is 1. The Morgan fingerprint density at radius 3 is 2.70 bits per heavy atom. The summed E-state index contributed by atoms with van der Waals surface area (Å²) in [4.78, 5) is 25.5. The predicted octanol–water partition coefficient (Wildman–Crippen LogP) is 2.13. The molecule has 4 N–H and O–H groups in total. The van der Waals surface area contributed by atoms with Crippen LogP contribution in [-0.2, 0) is 26.2 Å². The second-order valence-electron chi connectivity index (χ2n) is 8.24. The highest BCUT2D eigenvalue weighted by Crippen LogP contribution is 2.52. The molecule has 1 aliphatic carbocycles. The van der Waals surface area contributed by atoms with E-state index in [1.807, 2.05) is 18.2 Å². The van der Waals surface area contributed by atoms with E-state index in [1.165, 1.54) is 0 Å². The summed E-state index contributed by atoms with van der Waals surface area (Å²) in [7, 11) is 1.57. The number of benzene rings is 1. The molecule has 7 nitrogen and oxygen atoms in total. The predicted molar refractivity (Wildman–Crippen MR) is 112 cm³/mol. The van der Waals surface area contributed by atoms with Crippen LogP contribution in [-0.4, -0.2) is 35.7 Å². The number of hydrogen-bond acceptors (Lipinski definition) is 4. The Labute approximate surface area is 175 Å². The second kappa shape index (κ2) is 7.48. The first-order chi connectivity index (χ1) is 14.4. The van der Waals surface area contributed by atoms with Crippen LogP contribution in [0, 0.1) is 5.41 Å². The van der Waals surface area contributed by atoms with Crippen molar-refractivity contribution in [3.05, 3.63) is 76.8 Å². The van der Waals surface area contributed by atoms with Gasteiger partial charge in [-0.15, -0.1) is 0 Å². The molecule has 1 aromatic carbocycles. The number of aryl methyl sites for hydroxylation is 1. The lowest BCUT2D eigenvalue weighted by Gasteiger charge is -2.36. The molecule has 0 saturated heterocycles. The van der Waals surface area contributed by atoms with Crippen molar-refractivity contribution < 1.29 is 14.3 Å². The Morgan fingerprint density at radius 1 is 1.30 bits per heavy atom. The summed E-state index contributed by atoms with van der Waals surface area (Å²) in [5, 5.41) is 9.44. The highest BCUT2D eigenvalue weighted by molar-refractivity contribution is 6.00. The van der Waals surface area contributed by atoms with E-state index >= 15 is 0 Å². The lowest BCUT2D eigenvalue weighted by Crippen LogP contribution is -2.41. The van der Waals surface area contributed by atoms with E-state index in [9.17, 15) is 9.59 Å². The summed E-state index contributed by atoms with van der Waals surface area (Å²) < 4.78 is 6.07. The molecule has 0 radical (unpaired) electrons. The fourth-order valence-electron chi connectivity index (χ4n) is 4.46. The van der Waals surface area contributed by atoms with Crippen LogP contribution in [0.2, 0.25) is 0 Å². The van der Waals surface area contributed by atoms with Crippen LogP contribution in [0.3, 0.4) is 0 Å². The van der Waals surface area contributed by atoms with Crippen molar-refractivity contribution in [1.82, 2.24) is 15.5 Å². The summed E-state index contributed by atoms with van der Waals surface area (Å²) in [6.45, 7) is 2.51. The maximum atomic E-state index is 12.8. The van der Waals surface area contributed by atoms with E-state index in [4.69, 9.17) is 10.5 Å². The first-order valence-corrected chi connectivity index (χ1v) is 10.0. The normalized spacial score (nSPS) is 25.3. The molecule has 2 aromatic rings. The first-order valence-electron chi connectivity index (χ1n) is 10.0. The summed E-state index contributed by atoms with van der Waals surface area (Å²) in [5.41, 5.74) is 7.92. The molecule has 2 aliphatic rings. The maximum absolute atomic E-state index is 12.8. The number of amides is 2. The Balaban J connectivity index is 1.80. The number of aromatic amines is 1. The quantitative estimate of drug-likeness (QED) is 0.682. The van der Waals surface area contributed by atoms with Gasteiger partial charge in [-0.25, -0.2) is 0 Å². The zero-order valence-corrected chi connectivity index (χ0v) is 17.2. The summed E-state index contributed by atoms with van der Waals surface area (Å²) >= 11 is 0. The molecule has 2 amide bonds. The third-order valence-electron chi connectivity index (χ3n) is 6.39. The van der Waals surface area contributed by atoms with E-state index < -0.39 is 16.7 Å². The van der Waals surface area contributed by atoms with E-state index in [0.717, 1.165) is 16.7 Å². The van der Waals surface area contributed by atoms with Crippen LogP contribution in [0.1, 0.15) is 30.9 Å². The largest absolute Gasteiger partial charge is 0.492 e. The fraction of sp³-hybridized carbons (Fsp3) is 0.348. The molecular formula is C23H26N4O3. The second-order valence-corrected chi connectivity index (χ2v) is 8.24. The molecule has 2 atom stereocenters. The molecule has 2 unspecified atom stereocenters. The third-order valence-corrected chi connectivity index (χ3v) is 6.39. The van der Waals surface area contributed by atoms with Gasteiger partial charge in [0.2, 0.25) is 5.91 Å². The molecule has 156 valence electrons. The number of rotatable bonds is 6. The summed E-state index contributed by atoms with van der Waals surface area (Å²) in [5.74, 6) is -0.157. The first kappa shape index (κ1) is 19.9. The number of hydrogen-bond donors (Lipinski definition) is 3. The third kappa shape index (κ3) is 3.20. The molecule has 1 aromatic heterocycles. The molecule has 0 fully saturated rings. The standard InChI is InChI=1S/C23H26N4O3/c1-22(16-6-4-3-5-7-16)14-30-19-17(20(28)25-2)10-23(21(24)29,11-18(19)22)9-8-15-12-26-27-13-15/h3-7,10,12-13H,8-9,11,14H2,1-2H3,(H2,24,29)(H,25,28)(H,26,27). The van der Waals surface area contributed by atoms with Crippen LogP contribution >= 0.6 is 0 Å². The zero-order chi connectivity index (χ0) is 21.4. The average molecular weight is 406 g/mol. The van der Waals surface area contributed by atoms with Gasteiger partial charge in [0.15, 0.2) is 0 Å². The average Bonchev–Trinajstić information content (AvgIpc) is 3.40. The number of carbonyl (C=O) groups is 2. The molecule has 2 heterocycles. The van der Waals surface area contributed by atoms with Gasteiger partial charge in [0.05, 0.1) is 22.6 Å². The van der Waals surface area contributed by atoms with Crippen molar-refractivity contribution in [2.45, 2.75) is 31.6 Å². The molecule has 7 heteroatoms. The Morgan fingerprint density at radius 2 is 2.07 bits per heavy atom. The van der Waals surface area contributed by atoms with Gasteiger partial charge < -0.3 is 15.8 Å². The highest BCUT2D eigenvalue weighted by Gasteiger charge is 2.50. The maximum Gasteiger partial charge on any atom is 0.254 e. The number of ether oxygens (including phenoxy) is 1. The molecule has 0 spiro atoms. The van der Waals surface area contributed by atoms with Crippen molar-refractivity contribution in [2.24, 2.45) is 11.1 Å². The highest BCUT2D eigenvalue weighted by atomic mass is 16.5. The van der Waals surface area contributed by atoms with Gasteiger partial charge in [-0.2, -0.15) is 5.10 Å². The van der Waals surface area contributed by atoms with Crippen molar-refractivity contribution in [3.8, 4) is 0 Å². The lowest BCUT2D eigenvalue weighted by molar-refractivity contribution is -0.125. The van der Waals surface area contributed by atoms with E-state index in [0.29, 0.717) is 37.2 Å². The minimum absolute atomic E-state index is 0.284. The van der Waals surface area contributed by atoms with Gasteiger partial charge in [0.1, 0.15) is 12.4 Å². The molecular weight excluding hydrogens is 380 g/mol. The Kier molecular flexibility index (Phi) is 4.97. The molecule has 30 heavy (non-hydrogen) atoms. The fourth-order valence-corrected chi connectivity index (χ4v) is 4.46. The number of aromatic nitrogens is 2. The van der Waals surface area contributed by atoms with Crippen LogP contribution in [0.15, 0.2) is 65.7 Å². The SMILES string of the molecule is CNC(=O)C1=CC(CCc2cn[nH]c2)(C(N)=O)CC2=C1OCC2(C)c1ccccc1. The van der Waals surface area contributed by atoms with Crippen LogP contribution in [0.5, 0.6) is 0 Å². The number of carbonyl (C=O) groups excluding carboxylic acids is 2. The molecule has 0 bridgehead atoms. The van der Waals surface area contributed by atoms with E-state index in [2.05, 4.69) is 34.6 Å². The van der Waals surface area contributed by atoms with Crippen LogP contribution in [0.4, 0.5) is 0 Å². The van der Waals surface area contributed by atoms with Crippen molar-refractivity contribution in [1.29, 1.82) is 0 Å². The van der Waals surface area contributed by atoms with E-state index in [-0.39, 0.29) is 5.91 Å². The lowest BCUT2D eigenvalue weighted by atomic mass is 9.65. The number of nitrogens with two attached hydrogens (primary N) is 1. The minimum atomic E-state index is -0.984. The minimum Gasteiger partial charge on any atom is -0.492 e. The molecule has 4 rings (SSSR count). The van der Waals surface area contributed by atoms with Gasteiger partial charge in [-0.3, -0.25) is 14.7 Å². The van der Waals surface area contributed by atoms with Gasteiger partial charge in [0, 0.05) is 13.2 Å². The van der Waals surface area contributed by atoms with Gasteiger partial charge >= 0.3 is 0 Å². The van der Waals surface area contributed by atoms with Gasteiger partial charge in [0.25, 0.3) is 5.91 Å².